The predicted molar refractivity (Wildman–Crippen MR) is 210 cm³/mol. The lowest BCUT2D eigenvalue weighted by atomic mass is 9.91. The first-order valence-electron chi connectivity index (χ1n) is 18.4. The van der Waals surface area contributed by atoms with Gasteiger partial charge < -0.3 is 24.7 Å². The Labute approximate surface area is 310 Å². The van der Waals surface area contributed by atoms with Crippen LogP contribution in [0.2, 0.25) is 0 Å². The van der Waals surface area contributed by atoms with E-state index in [2.05, 4.69) is 46.0 Å². The van der Waals surface area contributed by atoms with Gasteiger partial charge >= 0.3 is 0 Å². The molecule has 7 heterocycles. The van der Waals surface area contributed by atoms with Crippen molar-refractivity contribution in [2.75, 3.05) is 50.9 Å². The minimum Gasteiger partial charge on any atom is -0.394 e. The van der Waals surface area contributed by atoms with Crippen molar-refractivity contribution in [1.29, 1.82) is 0 Å². The molecule has 5 aromatic rings. The van der Waals surface area contributed by atoms with Crippen molar-refractivity contribution < 1.29 is 4.79 Å². The number of hydrogen-bond acceptors (Lipinski definition) is 8. The molecule has 2 fully saturated rings. The second-order valence-electron chi connectivity index (χ2n) is 14.6. The summed E-state index contributed by atoms with van der Waals surface area (Å²) < 4.78 is 3.47. The molecule has 0 aliphatic carbocycles. The van der Waals surface area contributed by atoms with E-state index >= 15 is 0 Å². The van der Waals surface area contributed by atoms with Crippen molar-refractivity contribution in [2.45, 2.75) is 44.1 Å². The molecule has 1 aromatic carbocycles. The summed E-state index contributed by atoms with van der Waals surface area (Å²) in [6.07, 6.45) is 11.1. The van der Waals surface area contributed by atoms with Crippen LogP contribution in [0.4, 0.5) is 11.4 Å². The molecule has 11 nitrogen and oxygen atoms in total. The molecule has 2 N–H and O–H groups in total. The number of nitrogen functional groups attached to an aromatic ring is 1. The summed E-state index contributed by atoms with van der Waals surface area (Å²) in [5.41, 5.74) is 13.8. The maximum atomic E-state index is 13.7. The van der Waals surface area contributed by atoms with E-state index in [1.807, 2.05) is 62.6 Å². The number of carbonyl (C=O) groups excluding carboxylic acids is 1. The Bertz CT molecular complexity index is 2220. The third kappa shape index (κ3) is 7.19. The fourth-order valence-electron chi connectivity index (χ4n) is 8.05. The Morgan fingerprint density at radius 2 is 1.08 bits per heavy atom. The van der Waals surface area contributed by atoms with Crippen molar-refractivity contribution >= 4 is 17.3 Å². The van der Waals surface area contributed by atoms with Crippen LogP contribution in [-0.2, 0) is 20.6 Å². The number of aromatic nitrogens is 4. The molecular formula is C42H48N8O3. The first-order valence-corrected chi connectivity index (χ1v) is 18.4. The van der Waals surface area contributed by atoms with Gasteiger partial charge in [0.25, 0.3) is 17.0 Å². The monoisotopic (exact) mass is 712 g/mol. The fraction of sp³-hybridized carbons (Fsp3) is 0.357. The van der Waals surface area contributed by atoms with Gasteiger partial charge in [-0.15, -0.1) is 0 Å². The molecule has 1 amide bonds. The first-order chi connectivity index (χ1) is 25.6. The van der Waals surface area contributed by atoms with Crippen LogP contribution >= 0.6 is 0 Å². The maximum Gasteiger partial charge on any atom is 0.275 e. The van der Waals surface area contributed by atoms with Crippen LogP contribution in [-0.4, -0.2) is 75.1 Å². The number of amides is 1. The van der Waals surface area contributed by atoms with Crippen molar-refractivity contribution in [1.82, 2.24) is 28.9 Å². The molecule has 3 aliphatic heterocycles. The van der Waals surface area contributed by atoms with Crippen molar-refractivity contribution in [3.63, 3.8) is 0 Å². The van der Waals surface area contributed by atoms with Gasteiger partial charge in [-0.25, -0.2) is 0 Å². The lowest BCUT2D eigenvalue weighted by Crippen LogP contribution is -2.36. The predicted octanol–water partition coefficient (Wildman–Crippen LogP) is 5.26. The van der Waals surface area contributed by atoms with Gasteiger partial charge in [-0.05, 0) is 125 Å². The molecule has 0 atom stereocenters. The topological polar surface area (TPSA) is 123 Å². The van der Waals surface area contributed by atoms with E-state index in [0.29, 0.717) is 35.3 Å². The average molecular weight is 713 g/mol. The molecule has 274 valence electrons. The highest BCUT2D eigenvalue weighted by Crippen LogP contribution is 2.37. The van der Waals surface area contributed by atoms with Crippen LogP contribution in [0.1, 0.15) is 64.8 Å². The van der Waals surface area contributed by atoms with Crippen LogP contribution < -0.4 is 21.8 Å². The number of nitrogens with two attached hydrogens (primary N) is 1. The zero-order valence-electron chi connectivity index (χ0n) is 31.0. The first kappa shape index (κ1) is 36.0. The number of benzene rings is 1. The molecule has 0 unspecified atom stereocenters. The summed E-state index contributed by atoms with van der Waals surface area (Å²) in [6.45, 7) is 4.58. The van der Waals surface area contributed by atoms with Gasteiger partial charge in [0.1, 0.15) is 11.4 Å². The molecule has 0 radical (unpaired) electrons. The largest absolute Gasteiger partial charge is 0.394 e. The molecule has 2 saturated heterocycles. The standard InChI is InChI=1S/C25H26N4O2.C17H22N4O/c1-27-13-9-18(10-14-27)22-15-21(17-7-11-26-12-8-17)23(25(31)28(22)2)29-16-19-5-3-4-6-20(19)24(29)30;1-20-9-5-13(6-10-20)15-11-14(12-3-7-19-8-4-12)16(18)17(22)21(15)2/h3-8,11-12,15,18H,9-10,13-14,16H2,1-2H3;3-4,7-8,11,13H,5-6,9-10,18H2,1-2H3. The van der Waals surface area contributed by atoms with Crippen LogP contribution in [0.15, 0.2) is 95.0 Å². The number of likely N-dealkylation sites (tertiary alicyclic amines) is 2. The van der Waals surface area contributed by atoms with Crippen molar-refractivity contribution in [3.05, 3.63) is 129 Å². The lowest BCUT2D eigenvalue weighted by Gasteiger charge is -2.31. The second-order valence-corrected chi connectivity index (χ2v) is 14.6. The van der Waals surface area contributed by atoms with Gasteiger partial charge in [0.2, 0.25) is 0 Å². The number of hydrogen-bond donors (Lipinski definition) is 1. The Morgan fingerprint density at radius 1 is 0.604 bits per heavy atom. The Hall–Kier alpha value is -5.39. The summed E-state index contributed by atoms with van der Waals surface area (Å²) in [7, 11) is 7.93. The molecule has 11 heteroatoms. The number of piperidine rings is 2. The van der Waals surface area contributed by atoms with Gasteiger partial charge in [0.05, 0.1) is 6.54 Å². The minimum absolute atomic E-state index is 0.108. The number of carbonyl (C=O) groups is 1. The fourth-order valence-corrected chi connectivity index (χ4v) is 8.05. The number of nitrogens with zero attached hydrogens (tertiary/aromatic N) is 7. The average Bonchev–Trinajstić information content (AvgIpc) is 3.52. The van der Waals surface area contributed by atoms with E-state index in [1.165, 1.54) is 0 Å². The third-order valence-electron chi connectivity index (χ3n) is 11.3. The molecule has 4 aromatic heterocycles. The van der Waals surface area contributed by atoms with Gasteiger partial charge in [-0.3, -0.25) is 29.3 Å². The van der Waals surface area contributed by atoms with Crippen molar-refractivity contribution in [3.8, 4) is 22.3 Å². The molecule has 0 bridgehead atoms. The van der Waals surface area contributed by atoms with E-state index in [0.717, 1.165) is 91.1 Å². The second kappa shape index (κ2) is 15.3. The maximum absolute atomic E-state index is 13.7. The van der Waals surface area contributed by atoms with E-state index < -0.39 is 0 Å². The number of anilines is 2. The van der Waals surface area contributed by atoms with Gasteiger partial charge in [0.15, 0.2) is 0 Å². The van der Waals surface area contributed by atoms with Gasteiger partial charge in [-0.2, -0.15) is 0 Å². The summed E-state index contributed by atoms with van der Waals surface area (Å²) >= 11 is 0. The highest BCUT2D eigenvalue weighted by atomic mass is 16.2. The third-order valence-corrected chi connectivity index (χ3v) is 11.3. The van der Waals surface area contributed by atoms with Crippen LogP contribution in [0, 0.1) is 0 Å². The lowest BCUT2D eigenvalue weighted by molar-refractivity contribution is 0.0996. The highest BCUT2D eigenvalue weighted by molar-refractivity contribution is 6.11. The SMILES string of the molecule is CN1CCC(c2cc(-c3ccncc3)c(N)c(=O)n2C)CC1.CN1CCC(c2cc(-c3ccncc3)c(N3Cc4ccccc4C3=O)c(=O)n2C)CC1. The summed E-state index contributed by atoms with van der Waals surface area (Å²) in [6, 6.07) is 19.4. The van der Waals surface area contributed by atoms with Crippen molar-refractivity contribution in [2.24, 2.45) is 14.1 Å². The van der Waals surface area contributed by atoms with Crippen LogP contribution in [0.25, 0.3) is 22.3 Å². The smallest absolute Gasteiger partial charge is 0.275 e. The summed E-state index contributed by atoms with van der Waals surface area (Å²) in [5, 5.41) is 0. The Morgan fingerprint density at radius 3 is 1.60 bits per heavy atom. The number of rotatable bonds is 5. The van der Waals surface area contributed by atoms with Crippen LogP contribution in [0.3, 0.4) is 0 Å². The Kier molecular flexibility index (Phi) is 10.4. The van der Waals surface area contributed by atoms with E-state index in [-0.39, 0.29) is 17.0 Å². The van der Waals surface area contributed by atoms with Crippen LogP contribution in [0.5, 0.6) is 0 Å². The molecule has 0 spiro atoms. The molecule has 8 rings (SSSR count). The minimum atomic E-state index is -0.121. The number of pyridine rings is 4. The molecule has 53 heavy (non-hydrogen) atoms. The van der Waals surface area contributed by atoms with E-state index in [4.69, 9.17) is 5.73 Å². The molecule has 0 saturated carbocycles. The summed E-state index contributed by atoms with van der Waals surface area (Å²) in [4.78, 5) is 53.9. The molecular weight excluding hydrogens is 665 g/mol. The summed E-state index contributed by atoms with van der Waals surface area (Å²) in [5.74, 6) is 0.625. The zero-order valence-corrected chi connectivity index (χ0v) is 31.0. The van der Waals surface area contributed by atoms with E-state index in [9.17, 15) is 14.4 Å². The highest BCUT2D eigenvalue weighted by Gasteiger charge is 2.33. The van der Waals surface area contributed by atoms with Gasteiger partial charge in [-0.1, -0.05) is 18.2 Å². The zero-order chi connectivity index (χ0) is 37.2. The number of fused-ring (bicyclic) bond motifs is 1. The van der Waals surface area contributed by atoms with Gasteiger partial charge in [0, 0.05) is 78.8 Å². The van der Waals surface area contributed by atoms with E-state index in [1.54, 1.807) is 38.8 Å². The molecule has 3 aliphatic rings. The quantitative estimate of drug-likeness (QED) is 0.262. The Balaban J connectivity index is 0.000000174. The normalized spacial score (nSPS) is 17.1.